The molecule has 7 heteroatoms. The molecule has 148 valence electrons. The van der Waals surface area contributed by atoms with Crippen molar-refractivity contribution in [1.29, 1.82) is 0 Å². The highest BCUT2D eigenvalue weighted by molar-refractivity contribution is 5.81. The first kappa shape index (κ1) is 18.6. The second-order valence-electron chi connectivity index (χ2n) is 6.18. The Labute approximate surface area is 166 Å². The van der Waals surface area contributed by atoms with Crippen molar-refractivity contribution in [2.75, 3.05) is 13.2 Å². The van der Waals surface area contributed by atoms with Gasteiger partial charge in [-0.25, -0.2) is 4.79 Å². The van der Waals surface area contributed by atoms with Gasteiger partial charge in [-0.3, -0.25) is 0 Å². The lowest BCUT2D eigenvalue weighted by Crippen LogP contribution is -2.14. The number of fused-ring (bicyclic) bond motifs is 1. The average molecular weight is 393 g/mol. The largest absolute Gasteiger partial charge is 0.494 e. The Morgan fingerprint density at radius 1 is 0.966 bits per heavy atom. The lowest BCUT2D eigenvalue weighted by molar-refractivity contribution is -0.147. The molecule has 0 aliphatic rings. The number of para-hydroxylation sites is 1. The average Bonchev–Trinajstić information content (AvgIpc) is 3.38. The van der Waals surface area contributed by atoms with Crippen LogP contribution >= 0.6 is 0 Å². The number of carbonyl (C=O) groups excluding carboxylic acids is 1. The first-order valence-electron chi connectivity index (χ1n) is 9.17. The third-order valence-corrected chi connectivity index (χ3v) is 4.10. The summed E-state index contributed by atoms with van der Waals surface area (Å²) in [5.74, 6) is 1.83. The Morgan fingerprint density at radius 3 is 2.48 bits per heavy atom. The fourth-order valence-electron chi connectivity index (χ4n) is 2.74. The number of rotatable bonds is 8. The number of carbonyl (C=O) groups is 1. The fourth-order valence-corrected chi connectivity index (χ4v) is 2.74. The van der Waals surface area contributed by atoms with Gasteiger partial charge in [0, 0.05) is 11.5 Å². The summed E-state index contributed by atoms with van der Waals surface area (Å²) in [4.78, 5) is 11.9. The standard InChI is InChI=1S/C22H19NO6/c1-2-25-17-7-9-18(10-8-17)26-14-22(24)27-13-16-12-21(29-23-16)20-11-15-5-3-4-6-19(15)28-20/h3-12H,2,13-14H2,1H3. The number of ether oxygens (including phenoxy) is 3. The Bertz CT molecular complexity index is 1060. The number of hydrogen-bond acceptors (Lipinski definition) is 7. The van der Waals surface area contributed by atoms with Gasteiger partial charge in [0.2, 0.25) is 5.76 Å². The highest BCUT2D eigenvalue weighted by atomic mass is 16.6. The molecule has 0 bridgehead atoms. The molecule has 0 N–H and O–H groups in total. The molecule has 2 aromatic heterocycles. The monoisotopic (exact) mass is 393 g/mol. The van der Waals surface area contributed by atoms with Crippen molar-refractivity contribution in [3.05, 3.63) is 66.4 Å². The maximum absolute atomic E-state index is 11.9. The van der Waals surface area contributed by atoms with Gasteiger partial charge >= 0.3 is 5.97 Å². The second kappa shape index (κ2) is 8.52. The highest BCUT2D eigenvalue weighted by Gasteiger charge is 2.13. The van der Waals surface area contributed by atoms with Gasteiger partial charge in [-0.15, -0.1) is 0 Å². The van der Waals surface area contributed by atoms with E-state index >= 15 is 0 Å². The molecule has 4 rings (SSSR count). The zero-order chi connectivity index (χ0) is 20.1. The molecule has 0 aliphatic heterocycles. The summed E-state index contributed by atoms with van der Waals surface area (Å²) in [6.45, 7) is 2.28. The lowest BCUT2D eigenvalue weighted by Gasteiger charge is -2.07. The molecule has 0 radical (unpaired) electrons. The maximum Gasteiger partial charge on any atom is 0.344 e. The first-order valence-corrected chi connectivity index (χ1v) is 9.17. The van der Waals surface area contributed by atoms with Gasteiger partial charge in [0.15, 0.2) is 12.4 Å². The van der Waals surface area contributed by atoms with Crippen molar-refractivity contribution < 1.29 is 27.9 Å². The fraction of sp³-hybridized carbons (Fsp3) is 0.182. The van der Waals surface area contributed by atoms with Crippen LogP contribution in [0.25, 0.3) is 22.5 Å². The van der Waals surface area contributed by atoms with Crippen LogP contribution < -0.4 is 9.47 Å². The zero-order valence-electron chi connectivity index (χ0n) is 15.8. The van der Waals surface area contributed by atoms with Crippen molar-refractivity contribution in [3.8, 4) is 23.0 Å². The van der Waals surface area contributed by atoms with Crippen LogP contribution in [0.1, 0.15) is 12.6 Å². The van der Waals surface area contributed by atoms with Crippen LogP contribution in [-0.4, -0.2) is 24.3 Å². The zero-order valence-corrected chi connectivity index (χ0v) is 15.8. The van der Waals surface area contributed by atoms with Gasteiger partial charge in [0.25, 0.3) is 0 Å². The molecule has 0 atom stereocenters. The third-order valence-electron chi connectivity index (χ3n) is 4.10. The summed E-state index contributed by atoms with van der Waals surface area (Å²) in [5, 5.41) is 4.88. The molecular formula is C22H19NO6. The molecule has 29 heavy (non-hydrogen) atoms. The van der Waals surface area contributed by atoms with E-state index in [1.54, 1.807) is 30.3 Å². The molecule has 4 aromatic rings. The molecule has 0 saturated carbocycles. The molecule has 0 unspecified atom stereocenters. The van der Waals surface area contributed by atoms with E-state index in [0.717, 1.165) is 16.7 Å². The number of hydrogen-bond donors (Lipinski definition) is 0. The molecule has 0 amide bonds. The Kier molecular flexibility index (Phi) is 5.47. The van der Waals surface area contributed by atoms with Gasteiger partial charge in [0.1, 0.15) is 29.4 Å². The van der Waals surface area contributed by atoms with E-state index in [2.05, 4.69) is 5.16 Å². The topological polar surface area (TPSA) is 83.9 Å². The lowest BCUT2D eigenvalue weighted by atomic mass is 10.2. The summed E-state index contributed by atoms with van der Waals surface area (Å²) in [5.41, 5.74) is 1.24. The molecule has 0 spiro atoms. The van der Waals surface area contributed by atoms with Crippen molar-refractivity contribution in [1.82, 2.24) is 5.16 Å². The number of esters is 1. The number of furan rings is 1. The molecule has 0 saturated heterocycles. The third kappa shape index (κ3) is 4.57. The minimum absolute atomic E-state index is 0.0187. The number of nitrogens with zero attached hydrogens (tertiary/aromatic N) is 1. The van der Waals surface area contributed by atoms with Crippen LogP contribution in [0.3, 0.4) is 0 Å². The van der Waals surface area contributed by atoms with E-state index in [-0.39, 0.29) is 13.2 Å². The van der Waals surface area contributed by atoms with E-state index in [9.17, 15) is 4.79 Å². The van der Waals surface area contributed by atoms with Crippen molar-refractivity contribution in [2.24, 2.45) is 0 Å². The van der Waals surface area contributed by atoms with Crippen LogP contribution in [0.4, 0.5) is 0 Å². The first-order chi connectivity index (χ1) is 14.2. The molecule has 2 heterocycles. The van der Waals surface area contributed by atoms with Crippen molar-refractivity contribution in [2.45, 2.75) is 13.5 Å². The van der Waals surface area contributed by atoms with Gasteiger partial charge in [-0.05, 0) is 43.3 Å². The van der Waals surface area contributed by atoms with Crippen molar-refractivity contribution >= 4 is 16.9 Å². The SMILES string of the molecule is CCOc1ccc(OCC(=O)OCc2cc(-c3cc4ccccc4o3)on2)cc1. The Hall–Kier alpha value is -3.74. The van der Waals surface area contributed by atoms with Gasteiger partial charge < -0.3 is 23.2 Å². The molecule has 0 aliphatic carbocycles. The molecule has 7 nitrogen and oxygen atoms in total. The normalized spacial score (nSPS) is 10.8. The van der Waals surface area contributed by atoms with E-state index in [0.29, 0.717) is 29.6 Å². The predicted octanol–water partition coefficient (Wildman–Crippen LogP) is 4.61. The van der Waals surface area contributed by atoms with Crippen LogP contribution in [0.2, 0.25) is 0 Å². The summed E-state index contributed by atoms with van der Waals surface area (Å²) in [7, 11) is 0. The quantitative estimate of drug-likeness (QED) is 0.404. The molecule has 2 aromatic carbocycles. The van der Waals surface area contributed by atoms with E-state index in [1.807, 2.05) is 37.3 Å². The van der Waals surface area contributed by atoms with Crippen LogP contribution in [0, 0.1) is 0 Å². The Balaban J connectivity index is 1.28. The minimum atomic E-state index is -0.507. The van der Waals surface area contributed by atoms with Gasteiger partial charge in [-0.1, -0.05) is 23.4 Å². The Morgan fingerprint density at radius 2 is 1.72 bits per heavy atom. The van der Waals surface area contributed by atoms with Crippen molar-refractivity contribution in [3.63, 3.8) is 0 Å². The summed E-state index contributed by atoms with van der Waals surface area (Å²) < 4.78 is 27.0. The van der Waals surface area contributed by atoms with Crippen LogP contribution in [0.5, 0.6) is 11.5 Å². The minimum Gasteiger partial charge on any atom is -0.494 e. The van der Waals surface area contributed by atoms with Crippen LogP contribution in [0.15, 0.2) is 69.6 Å². The number of benzene rings is 2. The smallest absolute Gasteiger partial charge is 0.344 e. The van der Waals surface area contributed by atoms with Gasteiger partial charge in [0.05, 0.1) is 6.61 Å². The maximum atomic E-state index is 11.9. The highest BCUT2D eigenvalue weighted by Crippen LogP contribution is 2.28. The summed E-state index contributed by atoms with van der Waals surface area (Å²) in [6.07, 6.45) is 0. The van der Waals surface area contributed by atoms with E-state index < -0.39 is 5.97 Å². The van der Waals surface area contributed by atoms with E-state index in [1.165, 1.54) is 0 Å². The molecule has 0 fully saturated rings. The van der Waals surface area contributed by atoms with E-state index in [4.69, 9.17) is 23.2 Å². The summed E-state index contributed by atoms with van der Waals surface area (Å²) >= 11 is 0. The molecular weight excluding hydrogens is 374 g/mol. The second-order valence-corrected chi connectivity index (χ2v) is 6.18. The number of aromatic nitrogens is 1. The predicted molar refractivity (Wildman–Crippen MR) is 105 cm³/mol. The van der Waals surface area contributed by atoms with Gasteiger partial charge in [-0.2, -0.15) is 0 Å². The summed E-state index contributed by atoms with van der Waals surface area (Å²) in [6, 6.07) is 18.2. The van der Waals surface area contributed by atoms with Crippen LogP contribution in [-0.2, 0) is 16.1 Å².